The third-order valence-electron chi connectivity index (χ3n) is 3.28. The van der Waals surface area contributed by atoms with Crippen molar-refractivity contribution in [1.29, 1.82) is 0 Å². The van der Waals surface area contributed by atoms with E-state index >= 15 is 0 Å². The summed E-state index contributed by atoms with van der Waals surface area (Å²) < 4.78 is 1.09. The van der Waals surface area contributed by atoms with Crippen LogP contribution in [0.15, 0.2) is 53.0 Å². The number of rotatable bonds is 4. The molecule has 0 fully saturated rings. The zero-order valence-electron chi connectivity index (χ0n) is 10.8. The smallest absolute Gasteiger partial charge is 0.0406 e. The highest BCUT2D eigenvalue weighted by Gasteiger charge is 2.17. The van der Waals surface area contributed by atoms with Crippen molar-refractivity contribution in [3.8, 4) is 0 Å². The minimum Gasteiger partial charge on any atom is -0.327 e. The molecule has 0 amide bonds. The van der Waals surface area contributed by atoms with Crippen molar-refractivity contribution in [3.05, 3.63) is 69.2 Å². The predicted molar refractivity (Wildman–Crippen MR) is 85.7 cm³/mol. The average Bonchev–Trinajstić information content (AvgIpc) is 2.37. The molecule has 2 atom stereocenters. The molecule has 0 aliphatic heterocycles. The summed E-state index contributed by atoms with van der Waals surface area (Å²) in [6.07, 6.45) is 0.922. The van der Waals surface area contributed by atoms with E-state index in [2.05, 4.69) is 53.2 Å². The van der Waals surface area contributed by atoms with E-state index in [1.807, 2.05) is 18.2 Å². The first-order chi connectivity index (χ1) is 9.06. The Hall–Kier alpha value is -0.830. The van der Waals surface area contributed by atoms with E-state index in [4.69, 9.17) is 17.3 Å². The van der Waals surface area contributed by atoms with Crippen LogP contribution in [0, 0.1) is 0 Å². The Morgan fingerprint density at radius 2 is 1.84 bits per heavy atom. The molecule has 2 rings (SSSR count). The largest absolute Gasteiger partial charge is 0.327 e. The monoisotopic (exact) mass is 337 g/mol. The van der Waals surface area contributed by atoms with E-state index in [-0.39, 0.29) is 6.04 Å². The van der Waals surface area contributed by atoms with Crippen LogP contribution in [-0.4, -0.2) is 6.04 Å². The van der Waals surface area contributed by atoms with Crippen molar-refractivity contribution < 1.29 is 0 Å². The summed E-state index contributed by atoms with van der Waals surface area (Å²) in [4.78, 5) is 0. The normalized spacial score (nSPS) is 14.1. The zero-order chi connectivity index (χ0) is 13.8. The molecule has 0 unspecified atom stereocenters. The first-order valence-electron chi connectivity index (χ1n) is 6.32. The lowest BCUT2D eigenvalue weighted by Gasteiger charge is -2.21. The van der Waals surface area contributed by atoms with Gasteiger partial charge in [-0.25, -0.2) is 0 Å². The van der Waals surface area contributed by atoms with E-state index < -0.39 is 0 Å². The number of benzene rings is 2. The second-order valence-electron chi connectivity index (χ2n) is 4.85. The second kappa shape index (κ2) is 6.56. The summed E-state index contributed by atoms with van der Waals surface area (Å²) in [5, 5.41) is 0.767. The van der Waals surface area contributed by atoms with E-state index in [1.165, 1.54) is 11.1 Å². The van der Waals surface area contributed by atoms with Crippen LogP contribution >= 0.6 is 27.5 Å². The third-order valence-corrected chi connectivity index (χ3v) is 4.03. The summed E-state index contributed by atoms with van der Waals surface area (Å²) in [6, 6.07) is 16.4. The number of halogens is 2. The molecule has 2 aromatic rings. The van der Waals surface area contributed by atoms with Gasteiger partial charge in [-0.1, -0.05) is 51.8 Å². The SMILES string of the molecule is C[C@H](N)[C@@H](Cc1ccc(Cl)cc1)c1cccc(Br)c1. The van der Waals surface area contributed by atoms with Crippen LogP contribution in [0.4, 0.5) is 0 Å². The summed E-state index contributed by atoms with van der Waals surface area (Å²) in [5.74, 6) is 0.304. The summed E-state index contributed by atoms with van der Waals surface area (Å²) >= 11 is 9.43. The molecule has 0 aliphatic carbocycles. The maximum absolute atomic E-state index is 6.16. The van der Waals surface area contributed by atoms with Crippen LogP contribution < -0.4 is 5.73 Å². The number of hydrogen-bond acceptors (Lipinski definition) is 1. The highest BCUT2D eigenvalue weighted by molar-refractivity contribution is 9.10. The van der Waals surface area contributed by atoms with Gasteiger partial charge in [0, 0.05) is 21.5 Å². The van der Waals surface area contributed by atoms with Gasteiger partial charge in [-0.15, -0.1) is 0 Å². The highest BCUT2D eigenvalue weighted by atomic mass is 79.9. The van der Waals surface area contributed by atoms with Crippen molar-refractivity contribution in [2.75, 3.05) is 0 Å². The van der Waals surface area contributed by atoms with Crippen LogP contribution in [0.5, 0.6) is 0 Å². The maximum Gasteiger partial charge on any atom is 0.0406 e. The Labute approximate surface area is 127 Å². The molecule has 0 radical (unpaired) electrons. The van der Waals surface area contributed by atoms with E-state index in [0.717, 1.165) is 15.9 Å². The lowest BCUT2D eigenvalue weighted by atomic mass is 9.87. The topological polar surface area (TPSA) is 26.0 Å². The van der Waals surface area contributed by atoms with E-state index in [0.29, 0.717) is 5.92 Å². The van der Waals surface area contributed by atoms with Crippen molar-refractivity contribution >= 4 is 27.5 Å². The molecular weight excluding hydrogens is 322 g/mol. The quantitative estimate of drug-likeness (QED) is 0.853. The van der Waals surface area contributed by atoms with Gasteiger partial charge in [-0.2, -0.15) is 0 Å². The number of hydrogen-bond donors (Lipinski definition) is 1. The van der Waals surface area contributed by atoms with Crippen molar-refractivity contribution in [2.24, 2.45) is 5.73 Å². The van der Waals surface area contributed by atoms with Gasteiger partial charge in [0.25, 0.3) is 0 Å². The molecule has 19 heavy (non-hydrogen) atoms. The summed E-state index contributed by atoms with van der Waals surface area (Å²) in [6.45, 7) is 2.06. The first-order valence-corrected chi connectivity index (χ1v) is 7.49. The van der Waals surface area contributed by atoms with Gasteiger partial charge in [0.2, 0.25) is 0 Å². The summed E-state index contributed by atoms with van der Waals surface area (Å²) in [7, 11) is 0. The minimum absolute atomic E-state index is 0.102. The molecule has 3 heteroatoms. The van der Waals surface area contributed by atoms with Crippen LogP contribution in [0.1, 0.15) is 24.0 Å². The molecular formula is C16H17BrClN. The molecule has 0 aromatic heterocycles. The zero-order valence-corrected chi connectivity index (χ0v) is 13.2. The van der Waals surface area contributed by atoms with Crippen molar-refractivity contribution in [3.63, 3.8) is 0 Å². The Morgan fingerprint density at radius 3 is 2.42 bits per heavy atom. The lowest BCUT2D eigenvalue weighted by molar-refractivity contribution is 0.565. The van der Waals surface area contributed by atoms with Gasteiger partial charge in [-0.3, -0.25) is 0 Å². The van der Waals surface area contributed by atoms with Crippen LogP contribution in [0.3, 0.4) is 0 Å². The Balaban J connectivity index is 2.23. The molecule has 1 nitrogen and oxygen atoms in total. The summed E-state index contributed by atoms with van der Waals surface area (Å²) in [5.41, 5.74) is 8.67. The van der Waals surface area contributed by atoms with Crippen LogP contribution in [0.25, 0.3) is 0 Å². The second-order valence-corrected chi connectivity index (χ2v) is 6.20. The average molecular weight is 339 g/mol. The molecule has 100 valence electrons. The molecule has 0 aliphatic rings. The number of nitrogens with two attached hydrogens (primary N) is 1. The molecule has 0 saturated heterocycles. The fourth-order valence-corrected chi connectivity index (χ4v) is 2.76. The predicted octanol–water partition coefficient (Wildman–Crippen LogP) is 4.78. The van der Waals surface area contributed by atoms with E-state index in [9.17, 15) is 0 Å². The molecule has 0 saturated carbocycles. The van der Waals surface area contributed by atoms with Crippen LogP contribution in [0.2, 0.25) is 5.02 Å². The van der Waals surface area contributed by atoms with Gasteiger partial charge in [-0.05, 0) is 48.7 Å². The molecule has 2 N–H and O–H groups in total. The Kier molecular flexibility index (Phi) is 5.03. The highest BCUT2D eigenvalue weighted by Crippen LogP contribution is 2.26. The molecule has 0 heterocycles. The van der Waals surface area contributed by atoms with Gasteiger partial charge in [0.1, 0.15) is 0 Å². The molecule has 0 bridgehead atoms. The van der Waals surface area contributed by atoms with Gasteiger partial charge < -0.3 is 5.73 Å². The fourth-order valence-electron chi connectivity index (χ4n) is 2.22. The molecule has 0 spiro atoms. The Morgan fingerprint density at radius 1 is 1.16 bits per heavy atom. The minimum atomic E-state index is 0.102. The van der Waals surface area contributed by atoms with Gasteiger partial charge in [0.05, 0.1) is 0 Å². The van der Waals surface area contributed by atoms with Gasteiger partial charge >= 0.3 is 0 Å². The van der Waals surface area contributed by atoms with Crippen LogP contribution in [-0.2, 0) is 6.42 Å². The van der Waals surface area contributed by atoms with Gasteiger partial charge in [0.15, 0.2) is 0 Å². The lowest BCUT2D eigenvalue weighted by Crippen LogP contribution is -2.26. The Bertz CT molecular complexity index is 537. The fraction of sp³-hybridized carbons (Fsp3) is 0.250. The maximum atomic E-state index is 6.16. The van der Waals surface area contributed by atoms with E-state index in [1.54, 1.807) is 0 Å². The van der Waals surface area contributed by atoms with Crippen molar-refractivity contribution in [2.45, 2.75) is 25.3 Å². The molecule has 2 aromatic carbocycles. The first kappa shape index (κ1) is 14.6. The van der Waals surface area contributed by atoms with Crippen molar-refractivity contribution in [1.82, 2.24) is 0 Å². The standard InChI is InChI=1S/C16H17BrClN/c1-11(19)16(13-3-2-4-14(17)10-13)9-12-5-7-15(18)8-6-12/h2-8,10-11,16H,9,19H2,1H3/t11-,16+/m0/s1. The third kappa shape index (κ3) is 4.07.